The highest BCUT2D eigenvalue weighted by molar-refractivity contribution is 5.44. The number of nitriles is 1. The average molecular weight is 273 g/mol. The molecule has 1 heterocycles. The predicted octanol–water partition coefficient (Wildman–Crippen LogP) is 3.19. The Bertz CT molecular complexity index is 642. The van der Waals surface area contributed by atoms with Crippen molar-refractivity contribution in [3.8, 4) is 6.07 Å². The van der Waals surface area contributed by atoms with E-state index in [1.54, 1.807) is 19.1 Å². The van der Waals surface area contributed by atoms with Gasteiger partial charge in [-0.3, -0.25) is 0 Å². The summed E-state index contributed by atoms with van der Waals surface area (Å²) in [6.07, 6.45) is 0.464. The molecule has 3 nitrogen and oxygen atoms in total. The van der Waals surface area contributed by atoms with E-state index in [1.165, 1.54) is 12.1 Å². The van der Waals surface area contributed by atoms with Crippen molar-refractivity contribution in [3.63, 3.8) is 0 Å². The summed E-state index contributed by atoms with van der Waals surface area (Å²) < 4.78 is 26.0. The molecular weight excluding hydrogens is 260 g/mol. The molecule has 1 aromatic carbocycles. The summed E-state index contributed by atoms with van der Waals surface area (Å²) in [5.41, 5.74) is 1.84. The molecule has 2 rings (SSSR count). The SMILES string of the molecule is Cc1cc(C#N)cc(NCCc2cc(F)cc(F)c2)n1. The maximum absolute atomic E-state index is 13.0. The second-order valence-corrected chi connectivity index (χ2v) is 4.45. The highest BCUT2D eigenvalue weighted by Crippen LogP contribution is 2.11. The fourth-order valence-electron chi connectivity index (χ4n) is 1.91. The molecule has 0 bridgehead atoms. The van der Waals surface area contributed by atoms with Gasteiger partial charge in [0.1, 0.15) is 17.5 Å². The van der Waals surface area contributed by atoms with Crippen LogP contribution in [0.4, 0.5) is 14.6 Å². The van der Waals surface area contributed by atoms with E-state index in [-0.39, 0.29) is 0 Å². The van der Waals surface area contributed by atoms with Crippen LogP contribution in [0.3, 0.4) is 0 Å². The smallest absolute Gasteiger partial charge is 0.127 e. The van der Waals surface area contributed by atoms with Crippen LogP contribution in [-0.2, 0) is 6.42 Å². The molecule has 0 fully saturated rings. The molecule has 0 amide bonds. The number of nitrogens with zero attached hydrogens (tertiary/aromatic N) is 2. The Labute approximate surface area is 115 Å². The number of anilines is 1. The summed E-state index contributed by atoms with van der Waals surface area (Å²) in [5, 5.41) is 11.9. The summed E-state index contributed by atoms with van der Waals surface area (Å²) in [6, 6.07) is 8.82. The zero-order valence-corrected chi connectivity index (χ0v) is 11.0. The molecule has 1 aromatic heterocycles. The second-order valence-electron chi connectivity index (χ2n) is 4.45. The fourth-order valence-corrected chi connectivity index (χ4v) is 1.91. The number of pyridine rings is 1. The van der Waals surface area contributed by atoms with Gasteiger partial charge in [-0.1, -0.05) is 0 Å². The largest absolute Gasteiger partial charge is 0.370 e. The molecule has 20 heavy (non-hydrogen) atoms. The molecule has 0 aliphatic rings. The molecule has 102 valence electrons. The third-order valence-electron chi connectivity index (χ3n) is 2.72. The van der Waals surface area contributed by atoms with Crippen LogP contribution in [0.2, 0.25) is 0 Å². The molecule has 1 N–H and O–H groups in total. The van der Waals surface area contributed by atoms with Gasteiger partial charge in [0.15, 0.2) is 0 Å². The van der Waals surface area contributed by atoms with E-state index in [0.29, 0.717) is 29.9 Å². The van der Waals surface area contributed by atoms with Gasteiger partial charge in [0, 0.05) is 18.3 Å². The van der Waals surface area contributed by atoms with E-state index in [9.17, 15) is 8.78 Å². The fraction of sp³-hybridized carbons (Fsp3) is 0.200. The molecular formula is C15H13F2N3. The number of aryl methyl sites for hydroxylation is 1. The van der Waals surface area contributed by atoms with Gasteiger partial charge in [-0.05, 0) is 43.2 Å². The summed E-state index contributed by atoms with van der Waals surface area (Å²) in [7, 11) is 0. The van der Waals surface area contributed by atoms with Crippen molar-refractivity contribution in [2.45, 2.75) is 13.3 Å². The van der Waals surface area contributed by atoms with Gasteiger partial charge in [0.2, 0.25) is 0 Å². The predicted molar refractivity (Wildman–Crippen MR) is 72.2 cm³/mol. The molecule has 0 aliphatic carbocycles. The number of hydrogen-bond acceptors (Lipinski definition) is 3. The number of aromatic nitrogens is 1. The van der Waals surface area contributed by atoms with Gasteiger partial charge >= 0.3 is 0 Å². The van der Waals surface area contributed by atoms with E-state index in [1.807, 2.05) is 0 Å². The highest BCUT2D eigenvalue weighted by atomic mass is 19.1. The number of hydrogen-bond donors (Lipinski definition) is 1. The second kappa shape index (κ2) is 6.11. The van der Waals surface area contributed by atoms with Crippen LogP contribution >= 0.6 is 0 Å². The van der Waals surface area contributed by atoms with Crippen LogP contribution in [0.15, 0.2) is 30.3 Å². The third-order valence-corrected chi connectivity index (χ3v) is 2.72. The van der Waals surface area contributed by atoms with E-state index in [0.717, 1.165) is 11.8 Å². The maximum atomic E-state index is 13.0. The number of benzene rings is 1. The molecule has 0 aliphatic heterocycles. The first-order valence-corrected chi connectivity index (χ1v) is 6.14. The Morgan fingerprint density at radius 2 is 1.85 bits per heavy atom. The lowest BCUT2D eigenvalue weighted by atomic mass is 10.1. The first-order chi connectivity index (χ1) is 9.56. The Hall–Kier alpha value is -2.48. The lowest BCUT2D eigenvalue weighted by molar-refractivity contribution is 0.580. The van der Waals surface area contributed by atoms with Crippen molar-refractivity contribution < 1.29 is 8.78 Å². The van der Waals surface area contributed by atoms with Crippen molar-refractivity contribution in [3.05, 3.63) is 58.8 Å². The first kappa shape index (κ1) is 13.9. The Kier molecular flexibility index (Phi) is 4.26. The van der Waals surface area contributed by atoms with Gasteiger partial charge in [-0.15, -0.1) is 0 Å². The lowest BCUT2D eigenvalue weighted by Gasteiger charge is -2.07. The summed E-state index contributed by atoms with van der Waals surface area (Å²) in [4.78, 5) is 4.24. The summed E-state index contributed by atoms with van der Waals surface area (Å²) in [5.74, 6) is -0.584. The van der Waals surface area contributed by atoms with Crippen molar-refractivity contribution in [2.24, 2.45) is 0 Å². The third kappa shape index (κ3) is 3.75. The van der Waals surface area contributed by atoms with E-state index in [4.69, 9.17) is 5.26 Å². The van der Waals surface area contributed by atoms with Crippen molar-refractivity contribution in [1.29, 1.82) is 5.26 Å². The van der Waals surface area contributed by atoms with Crippen molar-refractivity contribution >= 4 is 5.82 Å². The summed E-state index contributed by atoms with van der Waals surface area (Å²) >= 11 is 0. The standard InChI is InChI=1S/C15H13F2N3/c1-10-4-12(9-18)7-15(20-10)19-3-2-11-5-13(16)8-14(17)6-11/h4-8H,2-3H2,1H3,(H,19,20). The Morgan fingerprint density at radius 1 is 1.15 bits per heavy atom. The molecule has 2 aromatic rings. The topological polar surface area (TPSA) is 48.7 Å². The monoisotopic (exact) mass is 273 g/mol. The number of rotatable bonds is 4. The van der Waals surface area contributed by atoms with E-state index >= 15 is 0 Å². The van der Waals surface area contributed by atoms with Gasteiger partial charge in [0.05, 0.1) is 11.6 Å². The number of nitrogens with one attached hydrogen (secondary N) is 1. The van der Waals surface area contributed by atoms with Crippen LogP contribution in [0.5, 0.6) is 0 Å². The van der Waals surface area contributed by atoms with Crippen LogP contribution in [0.1, 0.15) is 16.8 Å². The zero-order chi connectivity index (χ0) is 14.5. The lowest BCUT2D eigenvalue weighted by Crippen LogP contribution is -2.07. The normalized spacial score (nSPS) is 10.1. The number of halogens is 2. The van der Waals surface area contributed by atoms with Crippen molar-refractivity contribution in [1.82, 2.24) is 4.98 Å². The van der Waals surface area contributed by atoms with Gasteiger partial charge < -0.3 is 5.32 Å². The molecule has 0 saturated heterocycles. The van der Waals surface area contributed by atoms with Crippen LogP contribution in [0.25, 0.3) is 0 Å². The minimum absolute atomic E-state index is 0.464. The average Bonchev–Trinajstić information content (AvgIpc) is 2.37. The van der Waals surface area contributed by atoms with Gasteiger partial charge in [-0.2, -0.15) is 5.26 Å². The Balaban J connectivity index is 1.99. The van der Waals surface area contributed by atoms with Crippen LogP contribution in [0, 0.1) is 29.9 Å². The van der Waals surface area contributed by atoms with E-state index in [2.05, 4.69) is 16.4 Å². The first-order valence-electron chi connectivity index (χ1n) is 6.14. The molecule has 0 saturated carbocycles. The van der Waals surface area contributed by atoms with Crippen molar-refractivity contribution in [2.75, 3.05) is 11.9 Å². The van der Waals surface area contributed by atoms with E-state index < -0.39 is 11.6 Å². The Morgan fingerprint density at radius 3 is 2.50 bits per heavy atom. The quantitative estimate of drug-likeness (QED) is 0.930. The van der Waals surface area contributed by atoms with Crippen LogP contribution in [-0.4, -0.2) is 11.5 Å². The molecule has 0 radical (unpaired) electrons. The molecule has 0 unspecified atom stereocenters. The van der Waals surface area contributed by atoms with Gasteiger partial charge in [0.25, 0.3) is 0 Å². The highest BCUT2D eigenvalue weighted by Gasteiger charge is 2.02. The molecule has 0 atom stereocenters. The molecule has 0 spiro atoms. The molecule has 5 heteroatoms. The minimum Gasteiger partial charge on any atom is -0.370 e. The van der Waals surface area contributed by atoms with Crippen LogP contribution < -0.4 is 5.32 Å². The summed E-state index contributed by atoms with van der Waals surface area (Å²) in [6.45, 7) is 2.28. The maximum Gasteiger partial charge on any atom is 0.127 e. The minimum atomic E-state index is -0.583. The van der Waals surface area contributed by atoms with Gasteiger partial charge in [-0.25, -0.2) is 13.8 Å². The zero-order valence-electron chi connectivity index (χ0n) is 11.0.